The first-order valence-electron chi connectivity index (χ1n) is 4.13. The average molecular weight is 197 g/mol. The molecule has 0 heterocycles. The van der Waals surface area contributed by atoms with Gasteiger partial charge in [-0.15, -0.1) is 0 Å². The standard InChI is InChI=1S/C6H6O.C4H9NO2/c7-6-4-2-1-3-5-6;1-5(2)3-4(6)7/h1-5,7H;3H2,1-2H3,(H,6,7). The van der Waals surface area contributed by atoms with E-state index in [9.17, 15) is 4.79 Å². The van der Waals surface area contributed by atoms with E-state index in [-0.39, 0.29) is 6.54 Å². The van der Waals surface area contributed by atoms with E-state index in [2.05, 4.69) is 0 Å². The van der Waals surface area contributed by atoms with Crippen molar-refractivity contribution in [3.63, 3.8) is 0 Å². The number of carbonyl (C=O) groups is 1. The van der Waals surface area contributed by atoms with Gasteiger partial charge in [-0.05, 0) is 26.2 Å². The number of hydrogen-bond donors (Lipinski definition) is 2. The van der Waals surface area contributed by atoms with Gasteiger partial charge in [0.15, 0.2) is 0 Å². The van der Waals surface area contributed by atoms with Gasteiger partial charge in [0.2, 0.25) is 0 Å². The third-order valence-electron chi connectivity index (χ3n) is 1.21. The van der Waals surface area contributed by atoms with Gasteiger partial charge in [0.05, 0.1) is 6.54 Å². The van der Waals surface area contributed by atoms with Gasteiger partial charge in [0.25, 0.3) is 0 Å². The lowest BCUT2D eigenvalue weighted by molar-refractivity contribution is -0.137. The first-order valence-corrected chi connectivity index (χ1v) is 4.13. The predicted molar refractivity (Wildman–Crippen MR) is 54.3 cm³/mol. The predicted octanol–water partition coefficient (Wildman–Crippen LogP) is 1.02. The Morgan fingerprint density at radius 2 is 1.79 bits per heavy atom. The van der Waals surface area contributed by atoms with E-state index in [1.165, 1.54) is 0 Å². The molecule has 1 rings (SSSR count). The minimum absolute atomic E-state index is 0.111. The van der Waals surface area contributed by atoms with E-state index in [1.807, 2.05) is 6.07 Å². The molecule has 0 aromatic heterocycles. The third kappa shape index (κ3) is 8.55. The molecular weight excluding hydrogens is 182 g/mol. The van der Waals surface area contributed by atoms with E-state index in [0.717, 1.165) is 0 Å². The van der Waals surface area contributed by atoms with Gasteiger partial charge in [-0.2, -0.15) is 0 Å². The first kappa shape index (κ1) is 12.4. The summed E-state index contributed by atoms with van der Waals surface area (Å²) in [7, 11) is 3.43. The highest BCUT2D eigenvalue weighted by Gasteiger charge is 1.94. The SMILES string of the molecule is CN(C)CC(=O)O.Oc1ccccc1. The molecule has 0 unspecified atom stereocenters. The number of benzene rings is 1. The minimum Gasteiger partial charge on any atom is -0.508 e. The lowest BCUT2D eigenvalue weighted by atomic mass is 10.3. The van der Waals surface area contributed by atoms with Crippen molar-refractivity contribution in [2.75, 3.05) is 20.6 Å². The van der Waals surface area contributed by atoms with Gasteiger partial charge in [-0.25, -0.2) is 0 Å². The van der Waals surface area contributed by atoms with Gasteiger partial charge in [-0.1, -0.05) is 18.2 Å². The number of carboxylic acid groups (broad SMARTS) is 1. The molecule has 0 spiro atoms. The zero-order chi connectivity index (χ0) is 11.0. The molecule has 0 atom stereocenters. The molecule has 4 heteroatoms. The molecule has 0 aliphatic heterocycles. The topological polar surface area (TPSA) is 60.8 Å². The van der Waals surface area contributed by atoms with Crippen LogP contribution in [-0.4, -0.2) is 41.7 Å². The number of carboxylic acids is 1. The fraction of sp³-hybridized carbons (Fsp3) is 0.300. The largest absolute Gasteiger partial charge is 0.508 e. The summed E-state index contributed by atoms with van der Waals surface area (Å²) in [5.74, 6) is -0.465. The van der Waals surface area contributed by atoms with Gasteiger partial charge in [0.1, 0.15) is 5.75 Å². The lowest BCUT2D eigenvalue weighted by Crippen LogP contribution is -2.20. The van der Waals surface area contributed by atoms with E-state index < -0.39 is 5.97 Å². The number of rotatable bonds is 2. The Bertz CT molecular complexity index is 259. The van der Waals surface area contributed by atoms with Crippen LogP contribution in [0.2, 0.25) is 0 Å². The van der Waals surface area contributed by atoms with Crippen molar-refractivity contribution in [1.82, 2.24) is 4.90 Å². The zero-order valence-electron chi connectivity index (χ0n) is 8.34. The normalized spacial score (nSPS) is 9.07. The maximum Gasteiger partial charge on any atom is 0.317 e. The number of phenols is 1. The van der Waals surface area contributed by atoms with Crippen LogP contribution in [0.1, 0.15) is 0 Å². The second-order valence-electron chi connectivity index (χ2n) is 2.97. The molecule has 0 amide bonds. The Balaban J connectivity index is 0.000000241. The van der Waals surface area contributed by atoms with Crippen LogP contribution in [0.15, 0.2) is 30.3 Å². The molecule has 0 fully saturated rings. The number of hydrogen-bond acceptors (Lipinski definition) is 3. The Morgan fingerprint density at radius 3 is 1.93 bits per heavy atom. The maximum atomic E-state index is 9.77. The van der Waals surface area contributed by atoms with Crippen LogP contribution in [0.3, 0.4) is 0 Å². The van der Waals surface area contributed by atoms with Crippen molar-refractivity contribution in [2.24, 2.45) is 0 Å². The summed E-state index contributed by atoms with van der Waals surface area (Å²) in [5.41, 5.74) is 0. The fourth-order valence-corrected chi connectivity index (χ4v) is 0.699. The summed E-state index contributed by atoms with van der Waals surface area (Å²) in [6.45, 7) is 0.111. The van der Waals surface area contributed by atoms with Crippen molar-refractivity contribution < 1.29 is 15.0 Å². The highest BCUT2D eigenvalue weighted by Crippen LogP contribution is 2.02. The molecule has 0 radical (unpaired) electrons. The number of aromatic hydroxyl groups is 1. The number of aliphatic carboxylic acids is 1. The van der Waals surface area contributed by atoms with Crippen LogP contribution in [0.25, 0.3) is 0 Å². The number of nitrogens with zero attached hydrogens (tertiary/aromatic N) is 1. The van der Waals surface area contributed by atoms with Crippen molar-refractivity contribution in [3.8, 4) is 5.75 Å². The summed E-state index contributed by atoms with van der Waals surface area (Å²) in [6.07, 6.45) is 0. The van der Waals surface area contributed by atoms with Gasteiger partial charge >= 0.3 is 5.97 Å². The molecule has 0 aliphatic rings. The van der Waals surface area contributed by atoms with E-state index >= 15 is 0 Å². The zero-order valence-corrected chi connectivity index (χ0v) is 8.34. The Labute approximate surface area is 83.4 Å². The molecule has 1 aromatic carbocycles. The summed E-state index contributed by atoms with van der Waals surface area (Å²) in [5, 5.41) is 16.7. The number of likely N-dealkylation sites (N-methyl/N-ethyl adjacent to an activating group) is 1. The highest BCUT2D eigenvalue weighted by atomic mass is 16.4. The van der Waals surface area contributed by atoms with Crippen LogP contribution in [0, 0.1) is 0 Å². The maximum absolute atomic E-state index is 9.77. The van der Waals surface area contributed by atoms with Gasteiger partial charge in [0, 0.05) is 0 Å². The average Bonchev–Trinajstić information content (AvgIpc) is 2.03. The van der Waals surface area contributed by atoms with Crippen molar-refractivity contribution >= 4 is 5.97 Å². The highest BCUT2D eigenvalue weighted by molar-refractivity contribution is 5.68. The monoisotopic (exact) mass is 197 g/mol. The number of para-hydroxylation sites is 1. The fourth-order valence-electron chi connectivity index (χ4n) is 0.699. The summed E-state index contributed by atoms with van der Waals surface area (Å²) in [4.78, 5) is 11.4. The molecule has 0 saturated heterocycles. The van der Waals surface area contributed by atoms with E-state index in [4.69, 9.17) is 10.2 Å². The molecular formula is C10H15NO3. The minimum atomic E-state index is -0.787. The summed E-state index contributed by atoms with van der Waals surface area (Å²) >= 11 is 0. The van der Waals surface area contributed by atoms with Gasteiger partial charge in [-0.3, -0.25) is 9.69 Å². The van der Waals surface area contributed by atoms with E-state index in [1.54, 1.807) is 43.3 Å². The Kier molecular flexibility index (Phi) is 6.15. The molecule has 78 valence electrons. The van der Waals surface area contributed by atoms with Crippen LogP contribution >= 0.6 is 0 Å². The Morgan fingerprint density at radius 1 is 1.29 bits per heavy atom. The summed E-state index contributed by atoms with van der Waals surface area (Å²) in [6, 6.07) is 8.71. The second kappa shape index (κ2) is 6.91. The Hall–Kier alpha value is -1.55. The summed E-state index contributed by atoms with van der Waals surface area (Å²) < 4.78 is 0. The van der Waals surface area contributed by atoms with Crippen LogP contribution in [0.4, 0.5) is 0 Å². The van der Waals surface area contributed by atoms with Crippen molar-refractivity contribution in [2.45, 2.75) is 0 Å². The quantitative estimate of drug-likeness (QED) is 0.743. The molecule has 4 nitrogen and oxygen atoms in total. The van der Waals surface area contributed by atoms with Crippen molar-refractivity contribution in [1.29, 1.82) is 0 Å². The first-order chi connectivity index (χ1) is 6.52. The van der Waals surface area contributed by atoms with Crippen LogP contribution in [-0.2, 0) is 4.79 Å². The van der Waals surface area contributed by atoms with Crippen molar-refractivity contribution in [3.05, 3.63) is 30.3 Å². The lowest BCUT2D eigenvalue weighted by Gasteiger charge is -2.01. The second-order valence-corrected chi connectivity index (χ2v) is 2.97. The molecule has 0 aliphatic carbocycles. The number of phenolic OH excluding ortho intramolecular Hbond substituents is 1. The molecule has 0 bridgehead atoms. The van der Waals surface area contributed by atoms with Crippen LogP contribution < -0.4 is 0 Å². The smallest absolute Gasteiger partial charge is 0.317 e. The molecule has 2 N–H and O–H groups in total. The van der Waals surface area contributed by atoms with E-state index in [0.29, 0.717) is 5.75 Å². The molecule has 0 saturated carbocycles. The van der Waals surface area contributed by atoms with Gasteiger partial charge < -0.3 is 10.2 Å². The molecule has 14 heavy (non-hydrogen) atoms. The van der Waals surface area contributed by atoms with Crippen LogP contribution in [0.5, 0.6) is 5.75 Å². The molecule has 1 aromatic rings. The third-order valence-corrected chi connectivity index (χ3v) is 1.21.